The first kappa shape index (κ1) is 15.5. The van der Waals surface area contributed by atoms with Gasteiger partial charge in [0, 0.05) is 32.6 Å². The van der Waals surface area contributed by atoms with Gasteiger partial charge in [0.05, 0.1) is 6.42 Å². The summed E-state index contributed by atoms with van der Waals surface area (Å²) in [6.07, 6.45) is 2.76. The topological polar surface area (TPSA) is 69.6 Å². The Morgan fingerprint density at radius 3 is 2.48 bits per heavy atom. The number of carbonyl (C=O) groups excluding carboxylic acids is 1. The minimum absolute atomic E-state index is 0.0323. The molecule has 1 aliphatic heterocycles. The molecule has 1 heterocycles. The van der Waals surface area contributed by atoms with Crippen LogP contribution < -0.4 is 5.32 Å². The average molecular weight is 290 g/mol. The van der Waals surface area contributed by atoms with E-state index in [4.69, 9.17) is 5.11 Å². The van der Waals surface area contributed by atoms with E-state index in [0.29, 0.717) is 19.5 Å². The van der Waals surface area contributed by atoms with Crippen molar-refractivity contribution in [1.29, 1.82) is 0 Å². The molecule has 0 spiro atoms. The molecule has 1 aromatic rings. The summed E-state index contributed by atoms with van der Waals surface area (Å²) in [7, 11) is 0. The van der Waals surface area contributed by atoms with Crippen LogP contribution in [0.2, 0.25) is 0 Å². The second-order valence-corrected chi connectivity index (χ2v) is 5.35. The molecule has 0 bridgehead atoms. The first-order valence-electron chi connectivity index (χ1n) is 7.44. The van der Waals surface area contributed by atoms with Crippen LogP contribution in [0, 0.1) is 0 Å². The number of nitrogens with zero attached hydrogens (tertiary/aromatic N) is 1. The van der Waals surface area contributed by atoms with Crippen molar-refractivity contribution in [2.45, 2.75) is 32.2 Å². The molecular weight excluding hydrogens is 268 g/mol. The van der Waals surface area contributed by atoms with Gasteiger partial charge in [-0.25, -0.2) is 0 Å². The van der Waals surface area contributed by atoms with Gasteiger partial charge in [0.25, 0.3) is 0 Å². The van der Waals surface area contributed by atoms with Gasteiger partial charge in [-0.1, -0.05) is 24.3 Å². The van der Waals surface area contributed by atoms with Crippen molar-refractivity contribution >= 4 is 11.9 Å². The number of aliphatic carboxylic acids is 1. The summed E-state index contributed by atoms with van der Waals surface area (Å²) in [6, 6.07) is 7.50. The molecule has 1 aliphatic rings. The van der Waals surface area contributed by atoms with Crippen molar-refractivity contribution in [3.05, 3.63) is 35.4 Å². The Morgan fingerprint density at radius 1 is 1.14 bits per heavy atom. The highest BCUT2D eigenvalue weighted by atomic mass is 16.4. The van der Waals surface area contributed by atoms with Crippen molar-refractivity contribution < 1.29 is 14.7 Å². The molecule has 2 N–H and O–H groups in total. The lowest BCUT2D eigenvalue weighted by Crippen LogP contribution is -2.30. The molecule has 0 atom stereocenters. The maximum absolute atomic E-state index is 11.9. The van der Waals surface area contributed by atoms with Crippen LogP contribution >= 0.6 is 0 Å². The smallest absolute Gasteiger partial charge is 0.307 e. The van der Waals surface area contributed by atoms with Gasteiger partial charge in [-0.2, -0.15) is 0 Å². The molecule has 1 saturated heterocycles. The number of amides is 1. The van der Waals surface area contributed by atoms with E-state index in [-0.39, 0.29) is 12.3 Å². The number of rotatable bonds is 7. The van der Waals surface area contributed by atoms with Crippen LogP contribution in [0.5, 0.6) is 0 Å². The molecule has 1 aromatic carbocycles. The second-order valence-electron chi connectivity index (χ2n) is 5.35. The number of benzene rings is 1. The Balaban J connectivity index is 1.75. The van der Waals surface area contributed by atoms with E-state index >= 15 is 0 Å². The summed E-state index contributed by atoms with van der Waals surface area (Å²) in [4.78, 5) is 24.6. The highest BCUT2D eigenvalue weighted by Gasteiger charge is 2.16. The molecular formula is C16H22N2O3. The molecule has 114 valence electrons. The number of nitrogens with one attached hydrogen (secondary N) is 1. The van der Waals surface area contributed by atoms with Gasteiger partial charge in [-0.3, -0.25) is 9.59 Å². The summed E-state index contributed by atoms with van der Waals surface area (Å²) in [6.45, 7) is 2.99. The van der Waals surface area contributed by atoms with Crippen LogP contribution in [0.3, 0.4) is 0 Å². The largest absolute Gasteiger partial charge is 0.481 e. The number of carbonyl (C=O) groups is 2. The zero-order chi connectivity index (χ0) is 15.1. The van der Waals surface area contributed by atoms with Gasteiger partial charge in [-0.05, 0) is 24.0 Å². The molecule has 0 aliphatic carbocycles. The summed E-state index contributed by atoms with van der Waals surface area (Å²) < 4.78 is 0. The van der Waals surface area contributed by atoms with E-state index in [0.717, 1.165) is 37.1 Å². The Morgan fingerprint density at radius 2 is 1.81 bits per heavy atom. The Bertz CT molecular complexity index is 496. The monoisotopic (exact) mass is 290 g/mol. The predicted octanol–water partition coefficient (Wildman–Crippen LogP) is 1.42. The van der Waals surface area contributed by atoms with E-state index in [9.17, 15) is 9.59 Å². The molecule has 1 amide bonds. The van der Waals surface area contributed by atoms with Crippen LogP contribution in [0.15, 0.2) is 24.3 Å². The normalized spacial score (nSPS) is 14.4. The van der Waals surface area contributed by atoms with E-state index in [2.05, 4.69) is 5.32 Å². The first-order chi connectivity index (χ1) is 10.2. The zero-order valence-corrected chi connectivity index (χ0v) is 12.2. The van der Waals surface area contributed by atoms with Gasteiger partial charge in [0.2, 0.25) is 5.91 Å². The van der Waals surface area contributed by atoms with Crippen molar-refractivity contribution in [2.24, 2.45) is 0 Å². The highest BCUT2D eigenvalue weighted by molar-refractivity contribution is 5.76. The summed E-state index contributed by atoms with van der Waals surface area (Å²) in [5.74, 6) is -0.620. The molecule has 5 heteroatoms. The van der Waals surface area contributed by atoms with Crippen LogP contribution in [-0.2, 0) is 22.6 Å². The predicted molar refractivity (Wildman–Crippen MR) is 79.9 cm³/mol. The quantitative estimate of drug-likeness (QED) is 0.745. The van der Waals surface area contributed by atoms with Gasteiger partial charge >= 0.3 is 5.97 Å². The molecule has 5 nitrogen and oxygen atoms in total. The molecule has 0 radical (unpaired) electrons. The van der Waals surface area contributed by atoms with Crippen LogP contribution in [0.4, 0.5) is 0 Å². The summed E-state index contributed by atoms with van der Waals surface area (Å²) >= 11 is 0. The molecule has 21 heavy (non-hydrogen) atoms. The summed E-state index contributed by atoms with van der Waals surface area (Å²) in [5, 5.41) is 12.1. The molecule has 0 unspecified atom stereocenters. The van der Waals surface area contributed by atoms with Crippen molar-refractivity contribution in [2.75, 3.05) is 19.6 Å². The third-order valence-corrected chi connectivity index (χ3v) is 3.75. The standard InChI is InChI=1S/C16H22N2O3/c19-15(18-9-3-4-10-18)7-8-17-12-14-6-2-1-5-13(14)11-16(20)21/h1-2,5-6,17H,3-4,7-12H2,(H,20,21). The maximum Gasteiger partial charge on any atom is 0.307 e. The summed E-state index contributed by atoms with van der Waals surface area (Å²) in [5.41, 5.74) is 1.80. The number of carboxylic acids is 1. The van der Waals surface area contributed by atoms with Crippen molar-refractivity contribution in [1.82, 2.24) is 10.2 Å². The fourth-order valence-corrected chi connectivity index (χ4v) is 2.61. The van der Waals surface area contributed by atoms with Crippen molar-refractivity contribution in [3.63, 3.8) is 0 Å². The zero-order valence-electron chi connectivity index (χ0n) is 12.2. The fraction of sp³-hybridized carbons (Fsp3) is 0.500. The van der Waals surface area contributed by atoms with E-state index in [1.165, 1.54) is 0 Å². The first-order valence-corrected chi connectivity index (χ1v) is 7.44. The number of carboxylic acid groups (broad SMARTS) is 1. The highest BCUT2D eigenvalue weighted by Crippen LogP contribution is 2.10. The SMILES string of the molecule is O=C(O)Cc1ccccc1CNCCC(=O)N1CCCC1. The Hall–Kier alpha value is -1.88. The molecule has 0 saturated carbocycles. The van der Waals surface area contributed by atoms with Crippen LogP contribution in [0.1, 0.15) is 30.4 Å². The lowest BCUT2D eigenvalue weighted by Gasteiger charge is -2.15. The average Bonchev–Trinajstić information content (AvgIpc) is 2.98. The van der Waals surface area contributed by atoms with Gasteiger partial charge in [-0.15, -0.1) is 0 Å². The minimum Gasteiger partial charge on any atom is -0.481 e. The van der Waals surface area contributed by atoms with Crippen molar-refractivity contribution in [3.8, 4) is 0 Å². The molecule has 2 rings (SSSR count). The Kier molecular flexibility index (Phi) is 5.75. The maximum atomic E-state index is 11.9. The lowest BCUT2D eigenvalue weighted by molar-refractivity contribution is -0.136. The molecule has 0 aromatic heterocycles. The van der Waals surface area contributed by atoms with Crippen LogP contribution in [0.25, 0.3) is 0 Å². The second kappa shape index (κ2) is 7.78. The number of hydrogen-bond donors (Lipinski definition) is 2. The third kappa shape index (κ3) is 4.86. The van der Waals surface area contributed by atoms with Gasteiger partial charge in [0.15, 0.2) is 0 Å². The van der Waals surface area contributed by atoms with Gasteiger partial charge in [0.1, 0.15) is 0 Å². The fourth-order valence-electron chi connectivity index (χ4n) is 2.61. The molecule has 1 fully saturated rings. The number of hydrogen-bond acceptors (Lipinski definition) is 3. The minimum atomic E-state index is -0.827. The number of likely N-dealkylation sites (tertiary alicyclic amines) is 1. The Labute approximate surface area is 125 Å². The van der Waals surface area contributed by atoms with E-state index in [1.807, 2.05) is 29.2 Å². The van der Waals surface area contributed by atoms with Gasteiger partial charge < -0.3 is 15.3 Å². The van der Waals surface area contributed by atoms with E-state index < -0.39 is 5.97 Å². The van der Waals surface area contributed by atoms with Crippen LogP contribution in [-0.4, -0.2) is 41.5 Å². The van der Waals surface area contributed by atoms with E-state index in [1.54, 1.807) is 0 Å². The third-order valence-electron chi connectivity index (χ3n) is 3.75. The lowest BCUT2D eigenvalue weighted by atomic mass is 10.0.